The summed E-state index contributed by atoms with van der Waals surface area (Å²) < 4.78 is 0. The molecule has 0 bridgehead atoms. The third-order valence-corrected chi connectivity index (χ3v) is 3.66. The van der Waals surface area contributed by atoms with Crippen molar-refractivity contribution in [2.24, 2.45) is 0 Å². The Kier molecular flexibility index (Phi) is 2.57. The van der Waals surface area contributed by atoms with Crippen LogP contribution in [-0.4, -0.2) is 32.8 Å². The second-order valence-corrected chi connectivity index (χ2v) is 5.17. The van der Waals surface area contributed by atoms with E-state index in [-0.39, 0.29) is 5.54 Å². The van der Waals surface area contributed by atoms with Crippen LogP contribution in [0.3, 0.4) is 0 Å². The minimum absolute atomic E-state index is 0.142. The third-order valence-electron chi connectivity index (χ3n) is 3.66. The fourth-order valence-corrected chi connectivity index (χ4v) is 2.61. The van der Waals surface area contributed by atoms with Crippen LogP contribution in [0, 0.1) is 0 Å². The van der Waals surface area contributed by atoms with E-state index < -0.39 is 0 Å². The highest BCUT2D eigenvalue weighted by Crippen LogP contribution is 2.33. The van der Waals surface area contributed by atoms with Crippen molar-refractivity contribution in [3.8, 4) is 0 Å². The summed E-state index contributed by atoms with van der Waals surface area (Å²) in [7, 11) is 1.82. The number of fused-ring (bicyclic) bond motifs is 1. The average molecular weight is 246 g/mol. The highest BCUT2D eigenvalue weighted by atomic mass is 15.2. The summed E-state index contributed by atoms with van der Waals surface area (Å²) in [6, 6.07) is 0. The lowest BCUT2D eigenvalue weighted by Crippen LogP contribution is -2.31. The van der Waals surface area contributed by atoms with Gasteiger partial charge in [-0.25, -0.2) is 0 Å². The molecule has 0 atom stereocenters. The molecule has 0 radical (unpaired) electrons. The molecule has 3 rings (SSSR count). The number of anilines is 2. The topological polar surface area (TPSA) is 78.5 Å². The molecule has 2 heterocycles. The summed E-state index contributed by atoms with van der Waals surface area (Å²) in [6.07, 6.45) is 6.70. The molecular formula is C12H18N6. The van der Waals surface area contributed by atoms with E-state index >= 15 is 0 Å². The number of H-pyrrole nitrogens is 1. The Hall–Kier alpha value is -1.85. The third kappa shape index (κ3) is 1.87. The first-order chi connectivity index (χ1) is 8.70. The minimum Gasteiger partial charge on any atom is -0.364 e. The van der Waals surface area contributed by atoms with E-state index in [1.165, 1.54) is 25.7 Å². The molecule has 1 aliphatic rings. The quantitative estimate of drug-likeness (QED) is 0.773. The summed E-state index contributed by atoms with van der Waals surface area (Å²) >= 11 is 0. The number of aromatic nitrogens is 4. The van der Waals surface area contributed by atoms with Crippen molar-refractivity contribution in [3.05, 3.63) is 6.20 Å². The molecule has 0 amide bonds. The summed E-state index contributed by atoms with van der Waals surface area (Å²) in [5.74, 6) is 1.47. The van der Waals surface area contributed by atoms with Crippen LogP contribution >= 0.6 is 0 Å². The summed E-state index contributed by atoms with van der Waals surface area (Å²) in [6.45, 7) is 2.26. The predicted octanol–water partition coefficient (Wildman–Crippen LogP) is 2.14. The molecule has 0 saturated heterocycles. The maximum atomic E-state index is 4.51. The van der Waals surface area contributed by atoms with Gasteiger partial charge >= 0.3 is 0 Å². The van der Waals surface area contributed by atoms with Gasteiger partial charge in [0.2, 0.25) is 5.95 Å². The highest BCUT2D eigenvalue weighted by Gasteiger charge is 2.29. The van der Waals surface area contributed by atoms with Crippen LogP contribution in [0.25, 0.3) is 11.0 Å². The molecule has 1 aliphatic carbocycles. The SMILES string of the molecule is CNc1nc(NC2(C)CCCC2)c2cn[nH]c2n1. The van der Waals surface area contributed by atoms with Gasteiger partial charge in [-0.05, 0) is 19.8 Å². The van der Waals surface area contributed by atoms with Crippen molar-refractivity contribution in [2.45, 2.75) is 38.1 Å². The molecule has 2 aromatic rings. The number of aromatic amines is 1. The fourth-order valence-electron chi connectivity index (χ4n) is 2.61. The number of nitrogens with zero attached hydrogens (tertiary/aromatic N) is 3. The first kappa shape index (κ1) is 11.3. The Bertz CT molecular complexity index is 555. The zero-order valence-electron chi connectivity index (χ0n) is 10.7. The largest absolute Gasteiger partial charge is 0.364 e. The van der Waals surface area contributed by atoms with Crippen LogP contribution in [0.1, 0.15) is 32.6 Å². The van der Waals surface area contributed by atoms with E-state index in [0.29, 0.717) is 5.95 Å². The Morgan fingerprint density at radius 1 is 1.28 bits per heavy atom. The van der Waals surface area contributed by atoms with Gasteiger partial charge < -0.3 is 10.6 Å². The maximum absolute atomic E-state index is 4.51. The summed E-state index contributed by atoms with van der Waals surface area (Å²) in [5, 5.41) is 14.4. The van der Waals surface area contributed by atoms with Crippen molar-refractivity contribution >= 4 is 22.8 Å². The van der Waals surface area contributed by atoms with E-state index in [4.69, 9.17) is 0 Å². The number of hydrogen-bond acceptors (Lipinski definition) is 5. The first-order valence-electron chi connectivity index (χ1n) is 6.37. The van der Waals surface area contributed by atoms with Crippen molar-refractivity contribution in [1.29, 1.82) is 0 Å². The van der Waals surface area contributed by atoms with Gasteiger partial charge in [0.05, 0.1) is 11.6 Å². The number of rotatable bonds is 3. The average Bonchev–Trinajstić information content (AvgIpc) is 2.97. The van der Waals surface area contributed by atoms with Gasteiger partial charge in [0, 0.05) is 12.6 Å². The second kappa shape index (κ2) is 4.12. The van der Waals surface area contributed by atoms with Gasteiger partial charge in [-0.3, -0.25) is 5.10 Å². The number of hydrogen-bond donors (Lipinski definition) is 3. The molecule has 0 unspecified atom stereocenters. The standard InChI is InChI=1S/C12H18N6/c1-12(5-3-4-6-12)17-9-8-7-14-18-10(8)16-11(13-2)15-9/h7H,3-6H2,1-2H3,(H3,13,14,15,16,17,18). The van der Waals surface area contributed by atoms with E-state index in [2.05, 4.69) is 37.7 Å². The lowest BCUT2D eigenvalue weighted by Gasteiger charge is -2.26. The molecule has 2 aromatic heterocycles. The molecule has 1 fully saturated rings. The fraction of sp³-hybridized carbons (Fsp3) is 0.583. The van der Waals surface area contributed by atoms with Crippen molar-refractivity contribution in [1.82, 2.24) is 20.2 Å². The highest BCUT2D eigenvalue weighted by molar-refractivity contribution is 5.87. The van der Waals surface area contributed by atoms with Gasteiger partial charge in [0.1, 0.15) is 5.82 Å². The first-order valence-corrected chi connectivity index (χ1v) is 6.37. The van der Waals surface area contributed by atoms with E-state index in [9.17, 15) is 0 Å². The maximum Gasteiger partial charge on any atom is 0.226 e. The van der Waals surface area contributed by atoms with Gasteiger partial charge in [-0.15, -0.1) is 0 Å². The van der Waals surface area contributed by atoms with E-state index in [1.54, 1.807) is 6.20 Å². The predicted molar refractivity (Wildman–Crippen MR) is 71.7 cm³/mol. The normalized spacial score (nSPS) is 18.1. The Morgan fingerprint density at radius 3 is 2.78 bits per heavy atom. The van der Waals surface area contributed by atoms with Crippen LogP contribution < -0.4 is 10.6 Å². The molecule has 6 heteroatoms. The van der Waals surface area contributed by atoms with Gasteiger partial charge in [-0.1, -0.05) is 12.8 Å². The molecule has 1 saturated carbocycles. The van der Waals surface area contributed by atoms with Gasteiger partial charge in [-0.2, -0.15) is 15.1 Å². The molecule has 0 aromatic carbocycles. The van der Waals surface area contributed by atoms with Crippen LogP contribution in [0.5, 0.6) is 0 Å². The molecular weight excluding hydrogens is 228 g/mol. The molecule has 18 heavy (non-hydrogen) atoms. The Balaban J connectivity index is 2.01. The Morgan fingerprint density at radius 2 is 2.06 bits per heavy atom. The van der Waals surface area contributed by atoms with Crippen LogP contribution in [0.4, 0.5) is 11.8 Å². The van der Waals surface area contributed by atoms with Gasteiger partial charge in [0.15, 0.2) is 5.65 Å². The lowest BCUT2D eigenvalue weighted by molar-refractivity contribution is 0.532. The zero-order valence-corrected chi connectivity index (χ0v) is 10.7. The van der Waals surface area contributed by atoms with E-state index in [1.807, 2.05) is 7.05 Å². The van der Waals surface area contributed by atoms with Crippen LogP contribution in [0.15, 0.2) is 6.20 Å². The van der Waals surface area contributed by atoms with Crippen LogP contribution in [0.2, 0.25) is 0 Å². The van der Waals surface area contributed by atoms with Crippen molar-refractivity contribution in [2.75, 3.05) is 17.7 Å². The number of nitrogens with one attached hydrogen (secondary N) is 3. The van der Waals surface area contributed by atoms with Gasteiger partial charge in [0.25, 0.3) is 0 Å². The monoisotopic (exact) mass is 246 g/mol. The van der Waals surface area contributed by atoms with Crippen molar-refractivity contribution in [3.63, 3.8) is 0 Å². The van der Waals surface area contributed by atoms with Crippen LogP contribution in [-0.2, 0) is 0 Å². The minimum atomic E-state index is 0.142. The molecule has 6 nitrogen and oxygen atoms in total. The molecule has 96 valence electrons. The van der Waals surface area contributed by atoms with E-state index in [0.717, 1.165) is 16.9 Å². The molecule has 0 spiro atoms. The smallest absolute Gasteiger partial charge is 0.226 e. The zero-order chi connectivity index (χ0) is 12.6. The molecule has 0 aliphatic heterocycles. The second-order valence-electron chi connectivity index (χ2n) is 5.17. The Labute approximate surface area is 106 Å². The summed E-state index contributed by atoms with van der Waals surface area (Å²) in [5.41, 5.74) is 0.905. The lowest BCUT2D eigenvalue weighted by atomic mass is 10.0. The molecule has 3 N–H and O–H groups in total. The summed E-state index contributed by atoms with van der Waals surface area (Å²) in [4.78, 5) is 8.84. The van der Waals surface area contributed by atoms with Crippen molar-refractivity contribution < 1.29 is 0 Å².